The molecule has 3 N–H and O–H groups in total. The number of hydrogen-bond acceptors (Lipinski definition) is 4. The highest BCUT2D eigenvalue weighted by atomic mass is 32.1. The molecule has 5 nitrogen and oxygen atoms in total. The second kappa shape index (κ2) is 3.47. The molecule has 0 saturated heterocycles. The summed E-state index contributed by atoms with van der Waals surface area (Å²) >= 11 is 5.08. The number of aromatic amines is 1. The smallest absolute Gasteiger partial charge is 0.225 e. The number of H-pyrrole nitrogens is 1. The number of aryl methyl sites for hydroxylation is 2. The van der Waals surface area contributed by atoms with Crippen molar-refractivity contribution in [3.8, 4) is 5.69 Å². The Morgan fingerprint density at radius 3 is 2.67 bits per heavy atom. The molecule has 6 heteroatoms. The van der Waals surface area contributed by atoms with Gasteiger partial charge in [-0.2, -0.15) is 0 Å². The van der Waals surface area contributed by atoms with Crippen LogP contribution in [0, 0.1) is 18.6 Å². The molecule has 0 atom stereocenters. The minimum atomic E-state index is 0.341. The Kier molecular flexibility index (Phi) is 2.28. The zero-order valence-electron chi connectivity index (χ0n) is 8.48. The number of nitrogen functional groups attached to an aromatic ring is 1. The van der Waals surface area contributed by atoms with Crippen LogP contribution in [0.25, 0.3) is 5.69 Å². The molecule has 2 heterocycles. The van der Waals surface area contributed by atoms with E-state index in [0.717, 1.165) is 17.1 Å². The van der Waals surface area contributed by atoms with Gasteiger partial charge in [0.05, 0.1) is 11.4 Å². The normalized spacial score (nSPS) is 10.5. The van der Waals surface area contributed by atoms with Crippen molar-refractivity contribution >= 4 is 18.2 Å². The van der Waals surface area contributed by atoms with Crippen molar-refractivity contribution in [1.82, 2.24) is 19.7 Å². The maximum atomic E-state index is 5.71. The molecular weight excluding hydrogens is 210 g/mol. The molecule has 0 aliphatic carbocycles. The lowest BCUT2D eigenvalue weighted by atomic mass is 10.3. The number of rotatable bonds is 1. The van der Waals surface area contributed by atoms with Gasteiger partial charge in [0.2, 0.25) is 10.7 Å². The summed E-state index contributed by atoms with van der Waals surface area (Å²) in [6.45, 7) is 3.85. The largest absolute Gasteiger partial charge is 0.368 e. The molecule has 0 radical (unpaired) electrons. The Labute approximate surface area is 92.0 Å². The van der Waals surface area contributed by atoms with Gasteiger partial charge in [-0.15, -0.1) is 5.10 Å². The lowest BCUT2D eigenvalue weighted by Gasteiger charge is -2.07. The first-order valence-corrected chi connectivity index (χ1v) is 4.88. The van der Waals surface area contributed by atoms with Crippen LogP contribution in [0.3, 0.4) is 0 Å². The summed E-state index contributed by atoms with van der Waals surface area (Å²) in [5.74, 6) is 0.341. The van der Waals surface area contributed by atoms with E-state index in [-0.39, 0.29) is 0 Å². The van der Waals surface area contributed by atoms with Crippen LogP contribution < -0.4 is 5.73 Å². The zero-order chi connectivity index (χ0) is 11.0. The molecule has 0 saturated carbocycles. The van der Waals surface area contributed by atoms with E-state index in [9.17, 15) is 0 Å². The van der Waals surface area contributed by atoms with Gasteiger partial charge in [0, 0.05) is 5.69 Å². The van der Waals surface area contributed by atoms with Crippen LogP contribution in [0.2, 0.25) is 0 Å². The van der Waals surface area contributed by atoms with Gasteiger partial charge in [-0.25, -0.2) is 5.10 Å². The Balaban J connectivity index is 2.69. The van der Waals surface area contributed by atoms with Gasteiger partial charge < -0.3 is 5.73 Å². The number of hydrogen-bond donors (Lipinski definition) is 2. The molecule has 0 fully saturated rings. The quantitative estimate of drug-likeness (QED) is 0.716. The lowest BCUT2D eigenvalue weighted by Crippen LogP contribution is -2.04. The van der Waals surface area contributed by atoms with E-state index < -0.39 is 0 Å². The SMILES string of the molecule is Cc1ccc(-n2c(N)n[nH]c2=S)c(C)n1. The second-order valence-corrected chi connectivity index (χ2v) is 3.67. The maximum Gasteiger partial charge on any atom is 0.225 e. The lowest BCUT2D eigenvalue weighted by molar-refractivity contribution is 0.984. The van der Waals surface area contributed by atoms with Crippen LogP contribution in [0.4, 0.5) is 5.95 Å². The molecule has 0 aliphatic rings. The van der Waals surface area contributed by atoms with Crippen LogP contribution in [0.15, 0.2) is 12.1 Å². The monoisotopic (exact) mass is 221 g/mol. The molecular formula is C9H11N5S. The third-order valence-corrected chi connectivity index (χ3v) is 2.41. The highest BCUT2D eigenvalue weighted by Gasteiger charge is 2.07. The highest BCUT2D eigenvalue weighted by Crippen LogP contribution is 2.15. The molecule has 2 aromatic heterocycles. The van der Waals surface area contributed by atoms with Crippen LogP contribution >= 0.6 is 12.2 Å². The fourth-order valence-corrected chi connectivity index (χ4v) is 1.70. The van der Waals surface area contributed by atoms with E-state index in [2.05, 4.69) is 15.2 Å². The summed E-state index contributed by atoms with van der Waals surface area (Å²) in [5.41, 5.74) is 8.40. The predicted molar refractivity (Wildman–Crippen MR) is 60.4 cm³/mol. The molecule has 78 valence electrons. The third kappa shape index (κ3) is 1.63. The average Bonchev–Trinajstić information content (AvgIpc) is 2.48. The van der Waals surface area contributed by atoms with Gasteiger partial charge in [-0.3, -0.25) is 9.55 Å². The number of anilines is 1. The van der Waals surface area contributed by atoms with Crippen LogP contribution in [0.5, 0.6) is 0 Å². The molecule has 0 aromatic carbocycles. The third-order valence-electron chi connectivity index (χ3n) is 2.14. The van der Waals surface area contributed by atoms with Crippen LogP contribution in [-0.4, -0.2) is 19.7 Å². The molecule has 0 aliphatic heterocycles. The molecule has 2 rings (SSSR count). The predicted octanol–water partition coefficient (Wildman–Crippen LogP) is 1.52. The molecule has 0 unspecified atom stereocenters. The van der Waals surface area contributed by atoms with Gasteiger partial charge in [0.25, 0.3) is 0 Å². The Morgan fingerprint density at radius 1 is 1.40 bits per heavy atom. The van der Waals surface area contributed by atoms with Crippen molar-refractivity contribution in [3.63, 3.8) is 0 Å². The molecule has 0 amide bonds. The number of nitrogens with zero attached hydrogens (tertiary/aromatic N) is 3. The van der Waals surface area contributed by atoms with Crippen LogP contribution in [-0.2, 0) is 0 Å². The fraction of sp³-hybridized carbons (Fsp3) is 0.222. The first-order chi connectivity index (χ1) is 7.09. The average molecular weight is 221 g/mol. The molecule has 0 bridgehead atoms. The first-order valence-electron chi connectivity index (χ1n) is 4.47. The van der Waals surface area contributed by atoms with E-state index in [0.29, 0.717) is 10.7 Å². The number of nitrogens with two attached hydrogens (primary N) is 1. The summed E-state index contributed by atoms with van der Waals surface area (Å²) in [4.78, 5) is 4.35. The Hall–Kier alpha value is -1.69. The van der Waals surface area contributed by atoms with Crippen LogP contribution in [0.1, 0.15) is 11.4 Å². The van der Waals surface area contributed by atoms with Gasteiger partial charge in [-0.05, 0) is 38.2 Å². The summed E-state index contributed by atoms with van der Waals surface area (Å²) in [7, 11) is 0. The topological polar surface area (TPSA) is 72.5 Å². The highest BCUT2D eigenvalue weighted by molar-refractivity contribution is 7.71. The van der Waals surface area contributed by atoms with E-state index in [1.165, 1.54) is 0 Å². The van der Waals surface area contributed by atoms with Gasteiger partial charge in [0.15, 0.2) is 0 Å². The second-order valence-electron chi connectivity index (χ2n) is 3.28. The van der Waals surface area contributed by atoms with Crippen molar-refractivity contribution in [1.29, 1.82) is 0 Å². The van der Waals surface area contributed by atoms with Crippen molar-refractivity contribution in [2.75, 3.05) is 5.73 Å². The summed E-state index contributed by atoms with van der Waals surface area (Å²) < 4.78 is 2.14. The minimum Gasteiger partial charge on any atom is -0.368 e. The van der Waals surface area contributed by atoms with Crippen molar-refractivity contribution in [2.45, 2.75) is 13.8 Å². The number of nitrogens with one attached hydrogen (secondary N) is 1. The Morgan fingerprint density at radius 2 is 2.13 bits per heavy atom. The number of aromatic nitrogens is 4. The molecule has 2 aromatic rings. The van der Waals surface area contributed by atoms with Gasteiger partial charge >= 0.3 is 0 Å². The number of pyridine rings is 1. The fourth-order valence-electron chi connectivity index (χ4n) is 1.46. The standard InChI is InChI=1S/C9H11N5S/c1-5-3-4-7(6(2)11-5)14-8(10)12-13-9(14)15/h3-4H,1-2H3,(H2,10,12)(H,13,15). The van der Waals surface area contributed by atoms with Crippen molar-refractivity contribution in [3.05, 3.63) is 28.3 Å². The summed E-state index contributed by atoms with van der Waals surface area (Å²) in [6, 6.07) is 3.84. The minimum absolute atomic E-state index is 0.341. The van der Waals surface area contributed by atoms with E-state index in [4.69, 9.17) is 18.0 Å². The maximum absolute atomic E-state index is 5.71. The molecule has 15 heavy (non-hydrogen) atoms. The molecule has 0 spiro atoms. The van der Waals surface area contributed by atoms with Gasteiger partial charge in [0.1, 0.15) is 0 Å². The first kappa shape index (κ1) is 9.85. The van der Waals surface area contributed by atoms with Crippen molar-refractivity contribution < 1.29 is 0 Å². The van der Waals surface area contributed by atoms with Crippen molar-refractivity contribution in [2.24, 2.45) is 0 Å². The Bertz CT molecular complexity index is 554. The summed E-state index contributed by atoms with van der Waals surface area (Å²) in [5, 5.41) is 6.49. The van der Waals surface area contributed by atoms with E-state index in [1.807, 2.05) is 26.0 Å². The van der Waals surface area contributed by atoms with E-state index in [1.54, 1.807) is 4.57 Å². The summed E-state index contributed by atoms with van der Waals surface area (Å²) in [6.07, 6.45) is 0. The zero-order valence-corrected chi connectivity index (χ0v) is 9.30. The van der Waals surface area contributed by atoms with Gasteiger partial charge in [-0.1, -0.05) is 0 Å². The van der Waals surface area contributed by atoms with E-state index >= 15 is 0 Å².